The topological polar surface area (TPSA) is 120 Å². The number of nitrogens with one attached hydrogen (secondary N) is 1. The first kappa shape index (κ1) is 25.2. The van der Waals surface area contributed by atoms with Gasteiger partial charge in [0, 0.05) is 67.8 Å². The van der Waals surface area contributed by atoms with Gasteiger partial charge in [-0.25, -0.2) is 9.97 Å². The van der Waals surface area contributed by atoms with Gasteiger partial charge in [0.15, 0.2) is 5.82 Å². The summed E-state index contributed by atoms with van der Waals surface area (Å²) in [6.45, 7) is 6.03. The smallest absolute Gasteiger partial charge is 0.225 e. The minimum atomic E-state index is 0.182. The molecule has 208 valence electrons. The highest BCUT2D eigenvalue weighted by molar-refractivity contribution is 5.74. The van der Waals surface area contributed by atoms with Gasteiger partial charge in [-0.3, -0.25) is 4.90 Å². The fourth-order valence-electron chi connectivity index (χ4n) is 6.96. The van der Waals surface area contributed by atoms with Crippen molar-refractivity contribution in [1.82, 2.24) is 30.4 Å². The molecule has 3 saturated heterocycles. The van der Waals surface area contributed by atoms with Gasteiger partial charge in [-0.05, 0) is 69.0 Å². The predicted molar refractivity (Wildman–Crippen MR) is 157 cm³/mol. The van der Waals surface area contributed by atoms with Crippen LogP contribution in [0.15, 0.2) is 48.8 Å². The first-order valence-electron chi connectivity index (χ1n) is 14.5. The molecule has 0 aliphatic carbocycles. The molecule has 2 unspecified atom stereocenters. The largest absolute Gasteiger partial charge is 0.507 e. The second-order valence-electron chi connectivity index (χ2n) is 11.4. The van der Waals surface area contributed by atoms with E-state index in [-0.39, 0.29) is 5.75 Å². The molecule has 2 atom stereocenters. The number of aromatic hydroxyl groups is 1. The van der Waals surface area contributed by atoms with Crippen LogP contribution >= 0.6 is 0 Å². The van der Waals surface area contributed by atoms with E-state index in [0.29, 0.717) is 35.2 Å². The summed E-state index contributed by atoms with van der Waals surface area (Å²) < 4.78 is 0. The number of nitrogens with two attached hydrogens (primary N) is 1. The number of anilines is 3. The molecule has 4 aliphatic heterocycles. The second-order valence-corrected chi connectivity index (χ2v) is 11.4. The van der Waals surface area contributed by atoms with Crippen LogP contribution in [0.5, 0.6) is 5.75 Å². The first-order chi connectivity index (χ1) is 19.6. The molecule has 0 saturated carbocycles. The van der Waals surface area contributed by atoms with Gasteiger partial charge in [0.2, 0.25) is 5.95 Å². The molecule has 10 nitrogen and oxygen atoms in total. The Balaban J connectivity index is 1.04. The molecule has 2 aromatic heterocycles. The van der Waals surface area contributed by atoms with E-state index in [4.69, 9.17) is 15.7 Å². The molecule has 7 rings (SSSR count). The van der Waals surface area contributed by atoms with E-state index in [1.54, 1.807) is 12.1 Å². The lowest BCUT2D eigenvalue weighted by Crippen LogP contribution is -2.54. The van der Waals surface area contributed by atoms with Gasteiger partial charge in [-0.15, -0.1) is 10.2 Å². The van der Waals surface area contributed by atoms with Crippen LogP contribution in [0.2, 0.25) is 0 Å². The van der Waals surface area contributed by atoms with Crippen molar-refractivity contribution in [1.29, 1.82) is 0 Å². The van der Waals surface area contributed by atoms with Crippen molar-refractivity contribution in [2.24, 2.45) is 0 Å². The van der Waals surface area contributed by atoms with Crippen molar-refractivity contribution >= 4 is 23.0 Å². The quantitative estimate of drug-likeness (QED) is 0.446. The Kier molecular flexibility index (Phi) is 6.73. The third-order valence-electron chi connectivity index (χ3n) is 9.11. The van der Waals surface area contributed by atoms with Crippen molar-refractivity contribution in [3.8, 4) is 17.0 Å². The van der Waals surface area contributed by atoms with Crippen molar-refractivity contribution in [3.63, 3.8) is 0 Å². The van der Waals surface area contributed by atoms with E-state index in [9.17, 15) is 5.11 Å². The lowest BCUT2D eigenvalue weighted by atomic mass is 9.98. The van der Waals surface area contributed by atoms with Crippen LogP contribution in [0.1, 0.15) is 37.7 Å². The number of phenolic OH excluding ortho intramolecular Hbond substituents is 1. The van der Waals surface area contributed by atoms with E-state index in [2.05, 4.69) is 36.3 Å². The number of hydrogen-bond donors (Lipinski definition) is 3. The summed E-state index contributed by atoms with van der Waals surface area (Å²) >= 11 is 0. The maximum Gasteiger partial charge on any atom is 0.225 e. The van der Waals surface area contributed by atoms with Gasteiger partial charge < -0.3 is 26.0 Å². The Labute approximate surface area is 234 Å². The average molecular weight is 540 g/mol. The third kappa shape index (κ3) is 4.75. The monoisotopic (exact) mass is 539 g/mol. The number of fused-ring (bicyclic) bond motifs is 2. The summed E-state index contributed by atoms with van der Waals surface area (Å²) in [5, 5.41) is 22.3. The Morgan fingerprint density at radius 2 is 1.68 bits per heavy atom. The summed E-state index contributed by atoms with van der Waals surface area (Å²) in [5.74, 6) is 1.41. The van der Waals surface area contributed by atoms with Gasteiger partial charge >= 0.3 is 0 Å². The van der Waals surface area contributed by atoms with Crippen LogP contribution < -0.4 is 20.9 Å². The zero-order valence-corrected chi connectivity index (χ0v) is 22.8. The highest BCUT2D eigenvalue weighted by atomic mass is 16.3. The summed E-state index contributed by atoms with van der Waals surface area (Å²) in [5.41, 5.74) is 10.9. The lowest BCUT2D eigenvalue weighted by Gasteiger charge is -2.42. The van der Waals surface area contributed by atoms with Crippen molar-refractivity contribution in [2.45, 2.75) is 50.2 Å². The number of nitrogen functional groups attached to an aromatic ring is 1. The third-order valence-corrected chi connectivity index (χ3v) is 9.11. The molecule has 3 aromatic rings. The van der Waals surface area contributed by atoms with Crippen molar-refractivity contribution < 1.29 is 5.11 Å². The summed E-state index contributed by atoms with van der Waals surface area (Å²) in [7, 11) is 0. The van der Waals surface area contributed by atoms with Crippen LogP contribution in [0, 0.1) is 0 Å². The number of hydrogen-bond acceptors (Lipinski definition) is 10. The number of piperazine rings is 1. The number of benzene rings is 1. The van der Waals surface area contributed by atoms with Crippen LogP contribution in [0.4, 0.5) is 17.5 Å². The molecule has 40 heavy (non-hydrogen) atoms. The van der Waals surface area contributed by atoms with E-state index >= 15 is 0 Å². The van der Waals surface area contributed by atoms with Crippen LogP contribution in [0.25, 0.3) is 16.8 Å². The molecular weight excluding hydrogens is 502 g/mol. The molecule has 2 bridgehead atoms. The molecule has 4 aliphatic rings. The van der Waals surface area contributed by atoms with Crippen LogP contribution in [-0.4, -0.2) is 87.6 Å². The molecule has 10 heteroatoms. The Bertz CT molecular complexity index is 1370. The molecule has 3 fully saturated rings. The number of nitrogens with zero attached hydrogens (tertiary/aromatic N) is 7. The van der Waals surface area contributed by atoms with Gasteiger partial charge in [-0.2, -0.15) is 0 Å². The molecule has 1 aromatic carbocycles. The molecule has 0 amide bonds. The molecular formula is C30H37N9O. The zero-order chi connectivity index (χ0) is 27.1. The van der Waals surface area contributed by atoms with E-state index in [1.165, 1.54) is 18.4 Å². The highest BCUT2D eigenvalue weighted by Gasteiger charge is 2.42. The van der Waals surface area contributed by atoms with E-state index in [1.807, 2.05) is 30.6 Å². The second kappa shape index (κ2) is 10.7. The zero-order valence-electron chi connectivity index (χ0n) is 22.8. The molecule has 6 heterocycles. The van der Waals surface area contributed by atoms with E-state index in [0.717, 1.165) is 75.7 Å². The van der Waals surface area contributed by atoms with E-state index < -0.39 is 0 Å². The number of piperidine rings is 1. The SMILES string of the molecule is Nc1nnc(-c2ccccc2O)cc1N1CC2CCC(C1)N2c1ncc(C2=CCN(C3CCNCC3)CC2)cn1. The van der Waals surface area contributed by atoms with Gasteiger partial charge in [-0.1, -0.05) is 18.2 Å². The Hall–Kier alpha value is -3.76. The average Bonchev–Trinajstić information content (AvgIpc) is 3.27. The summed E-state index contributed by atoms with van der Waals surface area (Å²) in [4.78, 5) is 17.1. The summed E-state index contributed by atoms with van der Waals surface area (Å²) in [6, 6.07) is 10.4. The predicted octanol–water partition coefficient (Wildman–Crippen LogP) is 2.92. The van der Waals surface area contributed by atoms with Crippen LogP contribution in [-0.2, 0) is 0 Å². The highest BCUT2D eigenvalue weighted by Crippen LogP contribution is 2.38. The Morgan fingerprint density at radius 3 is 2.38 bits per heavy atom. The number of rotatable bonds is 5. The van der Waals surface area contributed by atoms with Gasteiger partial charge in [0.05, 0.1) is 11.4 Å². The Morgan fingerprint density at radius 1 is 0.925 bits per heavy atom. The number of aromatic nitrogens is 4. The first-order valence-corrected chi connectivity index (χ1v) is 14.5. The normalized spacial score (nSPS) is 23.9. The summed E-state index contributed by atoms with van der Waals surface area (Å²) in [6.07, 6.45) is 12.2. The molecule has 0 radical (unpaired) electrons. The fourth-order valence-corrected chi connectivity index (χ4v) is 6.96. The van der Waals surface area contributed by atoms with Gasteiger partial charge in [0.25, 0.3) is 0 Å². The lowest BCUT2D eigenvalue weighted by molar-refractivity contribution is 0.178. The van der Waals surface area contributed by atoms with Crippen LogP contribution in [0.3, 0.4) is 0 Å². The van der Waals surface area contributed by atoms with Crippen molar-refractivity contribution in [2.75, 3.05) is 54.8 Å². The number of para-hydroxylation sites is 1. The number of phenols is 1. The fraction of sp³-hybridized carbons (Fsp3) is 0.467. The van der Waals surface area contributed by atoms with Crippen molar-refractivity contribution in [3.05, 3.63) is 54.4 Å². The minimum Gasteiger partial charge on any atom is -0.507 e. The van der Waals surface area contributed by atoms with Gasteiger partial charge in [0.1, 0.15) is 5.75 Å². The minimum absolute atomic E-state index is 0.182. The molecule has 4 N–H and O–H groups in total. The molecule has 0 spiro atoms. The standard InChI is InChI=1S/C30H37N9O/c31-29-27(15-26(35-36-29)25-3-1-2-4-28(25)40)38-18-23-5-6-24(19-38)39(23)30-33-16-21(17-34-30)20-9-13-37(14-10-20)22-7-11-32-12-8-22/h1-4,9,15-17,22-24,32,40H,5-8,10-14,18-19H2,(H2,31,36). The maximum absolute atomic E-state index is 10.3. The maximum atomic E-state index is 10.3.